The maximum absolute atomic E-state index is 11.4. The van der Waals surface area contributed by atoms with Gasteiger partial charge in [0.15, 0.2) is 0 Å². The highest BCUT2D eigenvalue weighted by Crippen LogP contribution is 2.36. The minimum absolute atomic E-state index is 0.0541. The van der Waals surface area contributed by atoms with Crippen molar-refractivity contribution in [3.05, 3.63) is 70.7 Å². The smallest absolute Gasteiger partial charge is 0.307 e. The van der Waals surface area contributed by atoms with Gasteiger partial charge in [0.2, 0.25) is 0 Å². The molecule has 0 heterocycles. The fraction of sp³-hybridized carbons (Fsp3) is 0.150. The molecule has 4 heteroatoms. The Morgan fingerprint density at radius 1 is 1.12 bits per heavy atom. The molecule has 0 atom stereocenters. The van der Waals surface area contributed by atoms with E-state index < -0.39 is 5.97 Å². The first-order valence-electron chi connectivity index (χ1n) is 7.60. The Bertz CT molecular complexity index is 885. The molecule has 0 radical (unpaired) electrons. The predicted molar refractivity (Wildman–Crippen MR) is 96.4 cm³/mol. The van der Waals surface area contributed by atoms with Gasteiger partial charge in [-0.2, -0.15) is 0 Å². The molecule has 24 heavy (non-hydrogen) atoms. The van der Waals surface area contributed by atoms with E-state index >= 15 is 0 Å². The third-order valence-electron chi connectivity index (χ3n) is 4.01. The lowest BCUT2D eigenvalue weighted by Gasteiger charge is -2.17. The minimum Gasteiger partial charge on any atom is -0.481 e. The topological polar surface area (TPSA) is 46.5 Å². The molecule has 0 spiro atoms. The number of carboxylic acid groups (broad SMARTS) is 1. The van der Waals surface area contributed by atoms with Gasteiger partial charge in [0.25, 0.3) is 0 Å². The summed E-state index contributed by atoms with van der Waals surface area (Å²) in [6.07, 6.45) is -0.0541. The zero-order valence-corrected chi connectivity index (χ0v) is 14.0. The Hall–Kier alpha value is -2.36. The van der Waals surface area contributed by atoms with Crippen LogP contribution in [0.15, 0.2) is 54.6 Å². The van der Waals surface area contributed by atoms with Gasteiger partial charge in [0, 0.05) is 12.1 Å². The third-order valence-corrected chi connectivity index (χ3v) is 4.26. The summed E-state index contributed by atoms with van der Waals surface area (Å²) in [6, 6.07) is 17.5. The molecular formula is C20H17ClO3. The van der Waals surface area contributed by atoms with Gasteiger partial charge in [0.05, 0.1) is 13.0 Å². The summed E-state index contributed by atoms with van der Waals surface area (Å²) in [7, 11) is 1.61. The van der Waals surface area contributed by atoms with Crippen molar-refractivity contribution in [1.82, 2.24) is 0 Å². The summed E-state index contributed by atoms with van der Waals surface area (Å²) in [5.74, 6) is -0.863. The van der Waals surface area contributed by atoms with E-state index in [0.717, 1.165) is 33.0 Å². The van der Waals surface area contributed by atoms with Crippen LogP contribution in [0.4, 0.5) is 0 Å². The van der Waals surface area contributed by atoms with Gasteiger partial charge >= 0.3 is 5.97 Å². The Morgan fingerprint density at radius 3 is 2.50 bits per heavy atom. The number of rotatable bonds is 5. The highest BCUT2D eigenvalue weighted by atomic mass is 35.5. The quantitative estimate of drug-likeness (QED) is 0.716. The number of carbonyl (C=O) groups is 1. The van der Waals surface area contributed by atoms with Crippen LogP contribution in [-0.2, 0) is 22.6 Å². The third kappa shape index (κ3) is 3.28. The van der Waals surface area contributed by atoms with E-state index in [1.54, 1.807) is 7.11 Å². The summed E-state index contributed by atoms with van der Waals surface area (Å²) < 4.78 is 5.29. The first kappa shape index (κ1) is 16.5. The first-order valence-corrected chi connectivity index (χ1v) is 7.98. The first-order chi connectivity index (χ1) is 11.6. The van der Waals surface area contributed by atoms with Gasteiger partial charge in [-0.25, -0.2) is 0 Å². The number of halogens is 1. The van der Waals surface area contributed by atoms with E-state index in [9.17, 15) is 9.90 Å². The normalized spacial score (nSPS) is 10.9. The molecule has 0 saturated carbocycles. The molecule has 0 fully saturated rings. The molecule has 3 nitrogen and oxygen atoms in total. The van der Waals surface area contributed by atoms with Crippen molar-refractivity contribution in [1.29, 1.82) is 0 Å². The fourth-order valence-corrected chi connectivity index (χ4v) is 3.16. The van der Waals surface area contributed by atoms with E-state index in [1.165, 1.54) is 0 Å². The van der Waals surface area contributed by atoms with Gasteiger partial charge in [0.1, 0.15) is 0 Å². The van der Waals surface area contributed by atoms with E-state index in [2.05, 4.69) is 0 Å². The lowest BCUT2D eigenvalue weighted by Crippen LogP contribution is -2.07. The van der Waals surface area contributed by atoms with Crippen LogP contribution in [0, 0.1) is 0 Å². The maximum atomic E-state index is 11.4. The van der Waals surface area contributed by atoms with Crippen LogP contribution in [0.3, 0.4) is 0 Å². The standard InChI is InChI=1S/C20H17ClO3/c1-24-12-15-10-14-4-2-3-5-17(14)20(18(15)11-19(22)23)13-6-8-16(21)9-7-13/h2-10H,11-12H2,1H3,(H,22,23). The van der Waals surface area contributed by atoms with Gasteiger partial charge in [-0.15, -0.1) is 0 Å². The summed E-state index contributed by atoms with van der Waals surface area (Å²) in [5, 5.41) is 12.1. The number of hydrogen-bond acceptors (Lipinski definition) is 2. The largest absolute Gasteiger partial charge is 0.481 e. The Morgan fingerprint density at radius 2 is 1.83 bits per heavy atom. The summed E-state index contributed by atoms with van der Waals surface area (Å²) >= 11 is 6.01. The molecule has 0 aliphatic carbocycles. The second kappa shape index (κ2) is 7.04. The molecule has 3 rings (SSSR count). The van der Waals surface area contributed by atoms with E-state index in [1.807, 2.05) is 54.6 Å². The lowest BCUT2D eigenvalue weighted by molar-refractivity contribution is -0.136. The van der Waals surface area contributed by atoms with Crippen LogP contribution in [-0.4, -0.2) is 18.2 Å². The molecule has 0 unspecified atom stereocenters. The molecule has 3 aromatic rings. The number of fused-ring (bicyclic) bond motifs is 1. The highest BCUT2D eigenvalue weighted by molar-refractivity contribution is 6.30. The number of hydrogen-bond donors (Lipinski definition) is 1. The number of benzene rings is 3. The molecular weight excluding hydrogens is 324 g/mol. The van der Waals surface area contributed by atoms with Crippen molar-refractivity contribution >= 4 is 28.3 Å². The van der Waals surface area contributed by atoms with Gasteiger partial charge in [-0.1, -0.05) is 48.0 Å². The SMILES string of the molecule is COCc1cc2ccccc2c(-c2ccc(Cl)cc2)c1CC(=O)O. The summed E-state index contributed by atoms with van der Waals surface area (Å²) in [5.41, 5.74) is 3.55. The molecule has 0 saturated heterocycles. The molecule has 0 aliphatic rings. The Balaban J connectivity index is 2.36. The molecule has 0 amide bonds. The average molecular weight is 341 g/mol. The molecule has 122 valence electrons. The molecule has 0 aliphatic heterocycles. The van der Waals surface area contributed by atoms with Crippen LogP contribution in [0.1, 0.15) is 11.1 Å². The van der Waals surface area contributed by atoms with Crippen LogP contribution in [0.25, 0.3) is 21.9 Å². The second-order valence-corrected chi connectivity index (χ2v) is 6.06. The van der Waals surface area contributed by atoms with Crippen molar-refractivity contribution in [3.8, 4) is 11.1 Å². The van der Waals surface area contributed by atoms with Crippen molar-refractivity contribution in [2.75, 3.05) is 7.11 Å². The summed E-state index contributed by atoms with van der Waals surface area (Å²) in [6.45, 7) is 0.369. The fourth-order valence-electron chi connectivity index (χ4n) is 3.03. The van der Waals surface area contributed by atoms with E-state index in [-0.39, 0.29) is 6.42 Å². The highest BCUT2D eigenvalue weighted by Gasteiger charge is 2.17. The number of methoxy groups -OCH3 is 1. The van der Waals surface area contributed by atoms with Crippen molar-refractivity contribution in [2.24, 2.45) is 0 Å². The Labute approximate surface area is 145 Å². The van der Waals surface area contributed by atoms with Gasteiger partial charge < -0.3 is 9.84 Å². The number of ether oxygens (including phenoxy) is 1. The maximum Gasteiger partial charge on any atom is 0.307 e. The second-order valence-electron chi connectivity index (χ2n) is 5.62. The van der Waals surface area contributed by atoms with Crippen molar-refractivity contribution < 1.29 is 14.6 Å². The molecule has 1 N–H and O–H groups in total. The molecule has 0 bridgehead atoms. The van der Waals surface area contributed by atoms with Gasteiger partial charge in [-0.3, -0.25) is 4.79 Å². The number of carboxylic acids is 1. The average Bonchev–Trinajstić information content (AvgIpc) is 2.56. The van der Waals surface area contributed by atoms with Crippen LogP contribution >= 0.6 is 11.6 Å². The van der Waals surface area contributed by atoms with E-state index in [4.69, 9.17) is 16.3 Å². The predicted octanol–water partition coefficient (Wildman–Crippen LogP) is 4.93. The molecule has 3 aromatic carbocycles. The van der Waals surface area contributed by atoms with Crippen molar-refractivity contribution in [2.45, 2.75) is 13.0 Å². The Kier molecular flexibility index (Phi) is 4.84. The lowest BCUT2D eigenvalue weighted by atomic mass is 9.88. The van der Waals surface area contributed by atoms with Gasteiger partial charge in [-0.05, 0) is 51.2 Å². The monoisotopic (exact) mass is 340 g/mol. The zero-order chi connectivity index (χ0) is 17.1. The molecule has 0 aromatic heterocycles. The van der Waals surface area contributed by atoms with Crippen LogP contribution < -0.4 is 0 Å². The van der Waals surface area contributed by atoms with Crippen LogP contribution in [0.5, 0.6) is 0 Å². The summed E-state index contributed by atoms with van der Waals surface area (Å²) in [4.78, 5) is 11.4. The zero-order valence-electron chi connectivity index (χ0n) is 13.3. The number of aliphatic carboxylic acids is 1. The van der Waals surface area contributed by atoms with E-state index in [0.29, 0.717) is 11.6 Å². The minimum atomic E-state index is -0.863. The van der Waals surface area contributed by atoms with Crippen molar-refractivity contribution in [3.63, 3.8) is 0 Å². The van der Waals surface area contributed by atoms with Crippen LogP contribution in [0.2, 0.25) is 5.02 Å².